The van der Waals surface area contributed by atoms with Gasteiger partial charge in [0.05, 0.1) is 5.41 Å². The number of fused-ring (bicyclic) bond motifs is 5. The molecular weight excluding hydrogens is 627 g/mol. The van der Waals surface area contributed by atoms with Crippen molar-refractivity contribution >= 4 is 0 Å². The molecule has 2 aliphatic rings. The van der Waals surface area contributed by atoms with E-state index in [1.165, 1.54) is 22.3 Å². The Labute approximate surface area is 295 Å². The van der Waals surface area contributed by atoms with Gasteiger partial charge in [-0.2, -0.15) is 0 Å². The van der Waals surface area contributed by atoms with E-state index >= 15 is 0 Å². The smallest absolute Gasteiger partial charge is 0.170 e. The van der Waals surface area contributed by atoms with Crippen molar-refractivity contribution in [2.45, 2.75) is 5.41 Å². The first-order valence-corrected chi connectivity index (χ1v) is 17.0. The van der Waals surface area contributed by atoms with Gasteiger partial charge >= 0.3 is 0 Å². The predicted molar refractivity (Wildman–Crippen MR) is 200 cm³/mol. The van der Waals surface area contributed by atoms with Gasteiger partial charge in [-0.05, 0) is 63.7 Å². The summed E-state index contributed by atoms with van der Waals surface area (Å²) in [5, 5.41) is 0. The molecule has 5 nitrogen and oxygen atoms in total. The number of hydrogen-bond acceptors (Lipinski definition) is 5. The van der Waals surface area contributed by atoms with Crippen LogP contribution in [-0.2, 0) is 5.41 Å². The summed E-state index contributed by atoms with van der Waals surface area (Å²) in [6, 6.07) is 60.3. The van der Waals surface area contributed by atoms with Crippen LogP contribution >= 0.6 is 0 Å². The summed E-state index contributed by atoms with van der Waals surface area (Å²) in [5.74, 6) is 4.34. The summed E-state index contributed by atoms with van der Waals surface area (Å²) in [5.41, 5.74) is 9.21. The Morgan fingerprint density at radius 2 is 0.804 bits per heavy atom. The molecule has 0 saturated heterocycles. The topological polar surface area (TPSA) is 57.1 Å². The average molecular weight is 656 g/mol. The molecule has 0 unspecified atom stereocenters. The zero-order valence-corrected chi connectivity index (χ0v) is 27.4. The van der Waals surface area contributed by atoms with Crippen LogP contribution in [0.25, 0.3) is 45.3 Å². The van der Waals surface area contributed by atoms with Gasteiger partial charge in [0.2, 0.25) is 0 Å². The molecule has 0 radical (unpaired) electrons. The van der Waals surface area contributed by atoms with E-state index in [1.807, 2.05) is 78.9 Å². The summed E-state index contributed by atoms with van der Waals surface area (Å²) in [4.78, 5) is 14.7. The van der Waals surface area contributed by atoms with Crippen molar-refractivity contribution in [2.24, 2.45) is 0 Å². The maximum Gasteiger partial charge on any atom is 0.170 e. The lowest BCUT2D eigenvalue weighted by molar-refractivity contribution is 0.359. The standard InChI is InChI=1S/C46H29N3O2/c1-5-15-30(16-6-1)43-47-44(31-17-7-2-8-18-31)49-45(48-43)32-25-26-39-40(27-32)51-41-28-36-35-23-13-14-24-37(35)46(33-19-9-3-10-20-33,34-21-11-4-12-22-34)38(36)29-42(41)50-39/h1-29H. The first-order chi connectivity index (χ1) is 25.3. The van der Waals surface area contributed by atoms with Gasteiger partial charge in [0, 0.05) is 16.7 Å². The fraction of sp³-hybridized carbons (Fsp3) is 0.0217. The van der Waals surface area contributed by atoms with E-state index in [-0.39, 0.29) is 0 Å². The first-order valence-electron chi connectivity index (χ1n) is 17.0. The van der Waals surface area contributed by atoms with Crippen molar-refractivity contribution in [3.8, 4) is 68.3 Å². The third-order valence-electron chi connectivity index (χ3n) is 9.86. The van der Waals surface area contributed by atoms with Crippen LogP contribution in [0.3, 0.4) is 0 Å². The van der Waals surface area contributed by atoms with Crippen LogP contribution in [0.15, 0.2) is 176 Å². The van der Waals surface area contributed by atoms with Crippen molar-refractivity contribution in [3.63, 3.8) is 0 Å². The number of ether oxygens (including phenoxy) is 2. The van der Waals surface area contributed by atoms with Crippen molar-refractivity contribution in [2.75, 3.05) is 0 Å². The largest absolute Gasteiger partial charge is 0.450 e. The molecule has 0 fully saturated rings. The van der Waals surface area contributed by atoms with Gasteiger partial charge in [-0.15, -0.1) is 0 Å². The Balaban J connectivity index is 1.10. The van der Waals surface area contributed by atoms with Crippen LogP contribution in [0.1, 0.15) is 22.3 Å². The second-order valence-corrected chi connectivity index (χ2v) is 12.8. The van der Waals surface area contributed by atoms with Gasteiger partial charge in [0.25, 0.3) is 0 Å². The third kappa shape index (κ3) is 4.67. The lowest BCUT2D eigenvalue weighted by Crippen LogP contribution is -2.28. The van der Waals surface area contributed by atoms with Crippen molar-refractivity contribution in [1.29, 1.82) is 0 Å². The fourth-order valence-electron chi connectivity index (χ4n) is 7.59. The zero-order valence-electron chi connectivity index (χ0n) is 27.4. The quantitative estimate of drug-likeness (QED) is 0.185. The summed E-state index contributed by atoms with van der Waals surface area (Å²) in [6.07, 6.45) is 0. The number of aromatic nitrogens is 3. The minimum atomic E-state index is -0.525. The SMILES string of the molecule is c1ccc(-c2nc(-c3ccccc3)nc(-c3ccc4c(c3)Oc3cc5c(cc3O4)C(c3ccccc3)(c3ccccc3)c3ccccc3-5)n2)cc1. The van der Waals surface area contributed by atoms with E-state index in [4.69, 9.17) is 24.4 Å². The lowest BCUT2D eigenvalue weighted by atomic mass is 9.67. The highest BCUT2D eigenvalue weighted by Crippen LogP contribution is 2.59. The van der Waals surface area contributed by atoms with E-state index in [0.29, 0.717) is 40.5 Å². The van der Waals surface area contributed by atoms with Gasteiger partial charge in [0.1, 0.15) is 0 Å². The molecule has 10 rings (SSSR count). The molecule has 0 atom stereocenters. The maximum absolute atomic E-state index is 6.69. The van der Waals surface area contributed by atoms with Crippen molar-refractivity contribution in [1.82, 2.24) is 15.0 Å². The summed E-state index contributed by atoms with van der Waals surface area (Å²) < 4.78 is 13.4. The van der Waals surface area contributed by atoms with E-state index in [1.54, 1.807) is 0 Å². The molecule has 5 heteroatoms. The molecule has 8 aromatic rings. The van der Waals surface area contributed by atoms with Gasteiger partial charge < -0.3 is 9.47 Å². The molecule has 51 heavy (non-hydrogen) atoms. The molecule has 0 amide bonds. The van der Waals surface area contributed by atoms with Crippen molar-refractivity contribution < 1.29 is 9.47 Å². The summed E-state index contributed by atoms with van der Waals surface area (Å²) in [6.45, 7) is 0. The molecule has 1 aliphatic carbocycles. The number of benzene rings is 7. The number of hydrogen-bond donors (Lipinski definition) is 0. The van der Waals surface area contributed by atoms with Gasteiger partial charge in [0.15, 0.2) is 40.5 Å². The highest BCUT2D eigenvalue weighted by Gasteiger charge is 2.47. The second-order valence-electron chi connectivity index (χ2n) is 12.8. The van der Waals surface area contributed by atoms with Crippen LogP contribution in [0, 0.1) is 0 Å². The minimum absolute atomic E-state index is 0.525. The fourth-order valence-corrected chi connectivity index (χ4v) is 7.59. The van der Waals surface area contributed by atoms with Gasteiger partial charge in [-0.25, -0.2) is 15.0 Å². The van der Waals surface area contributed by atoms with E-state index in [9.17, 15) is 0 Å². The Morgan fingerprint density at radius 1 is 0.333 bits per heavy atom. The van der Waals surface area contributed by atoms with Crippen LogP contribution in [0.4, 0.5) is 0 Å². The Hall–Kier alpha value is -6.85. The third-order valence-corrected chi connectivity index (χ3v) is 9.86. The van der Waals surface area contributed by atoms with E-state index < -0.39 is 5.41 Å². The molecular formula is C46H29N3O2. The van der Waals surface area contributed by atoms with Crippen LogP contribution in [-0.4, -0.2) is 15.0 Å². The summed E-state index contributed by atoms with van der Waals surface area (Å²) >= 11 is 0. The predicted octanol–water partition coefficient (Wildman–Crippen LogP) is 11.1. The molecule has 2 heterocycles. The molecule has 0 spiro atoms. The lowest BCUT2D eigenvalue weighted by Gasteiger charge is -2.34. The van der Waals surface area contributed by atoms with Crippen molar-refractivity contribution in [3.05, 3.63) is 198 Å². The minimum Gasteiger partial charge on any atom is -0.450 e. The Bertz CT molecular complexity index is 2480. The highest BCUT2D eigenvalue weighted by atomic mass is 16.6. The van der Waals surface area contributed by atoms with Gasteiger partial charge in [-0.1, -0.05) is 146 Å². The molecule has 7 aromatic carbocycles. The Morgan fingerprint density at radius 3 is 1.41 bits per heavy atom. The average Bonchev–Trinajstić information content (AvgIpc) is 3.50. The number of rotatable bonds is 5. The monoisotopic (exact) mass is 655 g/mol. The number of nitrogens with zero attached hydrogens (tertiary/aromatic N) is 3. The van der Waals surface area contributed by atoms with E-state index in [0.717, 1.165) is 27.8 Å². The molecule has 0 saturated carbocycles. The Kier molecular flexibility index (Phi) is 6.64. The van der Waals surface area contributed by atoms with E-state index in [2.05, 4.69) is 97.1 Å². The first kappa shape index (κ1) is 29.1. The zero-order chi connectivity index (χ0) is 33.8. The van der Waals surface area contributed by atoms with Crippen LogP contribution in [0.5, 0.6) is 23.0 Å². The molecule has 240 valence electrons. The summed E-state index contributed by atoms with van der Waals surface area (Å²) in [7, 11) is 0. The van der Waals surface area contributed by atoms with Crippen LogP contribution < -0.4 is 9.47 Å². The molecule has 0 bridgehead atoms. The second kappa shape index (κ2) is 11.6. The molecule has 0 N–H and O–H groups in total. The van der Waals surface area contributed by atoms with Crippen LogP contribution in [0.2, 0.25) is 0 Å². The normalized spacial score (nSPS) is 13.2. The highest BCUT2D eigenvalue weighted by molar-refractivity contribution is 5.88. The molecule has 1 aliphatic heterocycles. The maximum atomic E-state index is 6.69. The molecule has 1 aromatic heterocycles. The van der Waals surface area contributed by atoms with Gasteiger partial charge in [-0.3, -0.25) is 0 Å².